The third-order valence-corrected chi connectivity index (χ3v) is 9.76. The Kier molecular flexibility index (Phi) is 25.5. The second-order valence-corrected chi connectivity index (χ2v) is 15.5. The van der Waals surface area contributed by atoms with Gasteiger partial charge >= 0.3 is 0 Å². The Balaban J connectivity index is 4.04. The summed E-state index contributed by atoms with van der Waals surface area (Å²) in [5.41, 5.74) is 2.75. The fourth-order valence-corrected chi connectivity index (χ4v) is 6.38. The van der Waals surface area contributed by atoms with Crippen LogP contribution in [0.4, 0.5) is 0 Å². The number of allylic oxidation sites excluding steroid dienone is 2. The normalized spacial score (nSPS) is 16.2. The number of hydrogen-bond acceptors (Lipinski definition) is 1. The van der Waals surface area contributed by atoms with Gasteiger partial charge in [-0.1, -0.05) is 169 Å². The fraction of sp³-hybridized carbons (Fsp3) is 0.900. The van der Waals surface area contributed by atoms with Crippen LogP contribution in [0, 0.1) is 41.4 Å². The van der Waals surface area contributed by atoms with Crippen LogP contribution in [0.1, 0.15) is 184 Å². The summed E-state index contributed by atoms with van der Waals surface area (Å²) >= 11 is 0. The Morgan fingerprint density at radius 1 is 0.537 bits per heavy atom. The lowest BCUT2D eigenvalue weighted by Gasteiger charge is -2.18. The van der Waals surface area contributed by atoms with Gasteiger partial charge in [-0.25, -0.2) is 0 Å². The van der Waals surface area contributed by atoms with Crippen LogP contribution in [0.3, 0.4) is 0 Å². The van der Waals surface area contributed by atoms with Crippen molar-refractivity contribution in [3.8, 4) is 0 Å². The van der Waals surface area contributed by atoms with Crippen LogP contribution >= 0.6 is 0 Å². The molecular formula is C40H78O. The molecule has 0 radical (unpaired) electrons. The van der Waals surface area contributed by atoms with Gasteiger partial charge in [-0.3, -0.25) is 0 Å². The molecule has 0 aliphatic rings. The molecule has 0 saturated heterocycles. The number of aliphatic hydroxyl groups excluding tert-OH is 1. The number of rotatable bonds is 28. The van der Waals surface area contributed by atoms with Crippen molar-refractivity contribution >= 4 is 0 Å². The number of aliphatic hydroxyl groups is 1. The molecule has 1 N–H and O–H groups in total. The summed E-state index contributed by atoms with van der Waals surface area (Å²) < 4.78 is 0. The summed E-state index contributed by atoms with van der Waals surface area (Å²) in [7, 11) is 0. The first kappa shape index (κ1) is 40.4. The van der Waals surface area contributed by atoms with Gasteiger partial charge in [0.05, 0.1) is 0 Å². The summed E-state index contributed by atoms with van der Waals surface area (Å²) in [6, 6.07) is 0. The zero-order valence-electron chi connectivity index (χ0n) is 29.9. The molecule has 1 nitrogen and oxygen atoms in total. The van der Waals surface area contributed by atoms with E-state index in [0.29, 0.717) is 0 Å². The lowest BCUT2D eigenvalue weighted by Crippen LogP contribution is -2.09. The van der Waals surface area contributed by atoms with E-state index in [4.69, 9.17) is 0 Å². The second-order valence-electron chi connectivity index (χ2n) is 15.5. The molecule has 244 valence electrons. The number of hydrogen-bond donors (Lipinski definition) is 1. The van der Waals surface area contributed by atoms with Gasteiger partial charge in [0.15, 0.2) is 0 Å². The van der Waals surface area contributed by atoms with Crippen molar-refractivity contribution in [2.45, 2.75) is 184 Å². The quantitative estimate of drug-likeness (QED) is 0.0921. The SMILES string of the molecule is C=C(CCCC(C)CCCC(C)CCCC(C)C)C(CO)C/C=C(\C)CCCC(C)CCCC(C)CCCC(C)C. The van der Waals surface area contributed by atoms with Crippen LogP contribution in [0.25, 0.3) is 0 Å². The van der Waals surface area contributed by atoms with Crippen LogP contribution < -0.4 is 0 Å². The van der Waals surface area contributed by atoms with Crippen molar-refractivity contribution in [1.82, 2.24) is 0 Å². The lowest BCUT2D eigenvalue weighted by atomic mass is 9.89. The summed E-state index contributed by atoms with van der Waals surface area (Å²) in [6.45, 7) is 26.0. The van der Waals surface area contributed by atoms with E-state index in [1.165, 1.54) is 120 Å². The third-order valence-electron chi connectivity index (χ3n) is 9.76. The lowest BCUT2D eigenvalue weighted by molar-refractivity contribution is 0.244. The van der Waals surface area contributed by atoms with Gasteiger partial charge in [-0.15, -0.1) is 0 Å². The maximum absolute atomic E-state index is 10.0. The van der Waals surface area contributed by atoms with E-state index in [2.05, 4.69) is 75.0 Å². The largest absolute Gasteiger partial charge is 0.396 e. The van der Waals surface area contributed by atoms with Crippen LogP contribution in [0.2, 0.25) is 0 Å². The van der Waals surface area contributed by atoms with Crippen molar-refractivity contribution in [3.63, 3.8) is 0 Å². The first-order valence-corrected chi connectivity index (χ1v) is 18.4. The summed E-state index contributed by atoms with van der Waals surface area (Å²) in [6.07, 6.45) is 27.5. The molecular weight excluding hydrogens is 496 g/mol. The molecule has 0 spiro atoms. The zero-order valence-corrected chi connectivity index (χ0v) is 29.9. The van der Waals surface area contributed by atoms with Gasteiger partial charge in [-0.05, 0) is 74.5 Å². The molecule has 0 heterocycles. The molecule has 0 rings (SSSR count). The van der Waals surface area contributed by atoms with E-state index in [1.807, 2.05) is 0 Å². The minimum absolute atomic E-state index is 0.230. The maximum atomic E-state index is 10.0. The molecule has 0 aliphatic carbocycles. The van der Waals surface area contributed by atoms with Crippen LogP contribution in [0.15, 0.2) is 23.8 Å². The molecule has 0 amide bonds. The monoisotopic (exact) mass is 575 g/mol. The van der Waals surface area contributed by atoms with Gasteiger partial charge in [0.1, 0.15) is 0 Å². The minimum atomic E-state index is 0.230. The van der Waals surface area contributed by atoms with Crippen molar-refractivity contribution in [1.29, 1.82) is 0 Å². The smallest absolute Gasteiger partial charge is 0.0499 e. The molecule has 1 heteroatoms. The van der Waals surface area contributed by atoms with Crippen LogP contribution in [-0.2, 0) is 0 Å². The molecule has 5 atom stereocenters. The highest BCUT2D eigenvalue weighted by molar-refractivity contribution is 5.06. The average Bonchev–Trinajstić information content (AvgIpc) is 2.88. The third kappa shape index (κ3) is 25.6. The Labute approximate surface area is 260 Å². The summed E-state index contributed by atoms with van der Waals surface area (Å²) in [5.74, 6) is 5.36. The maximum Gasteiger partial charge on any atom is 0.0499 e. The predicted octanol–water partition coefficient (Wildman–Crippen LogP) is 13.4. The second kappa shape index (κ2) is 25.9. The van der Waals surface area contributed by atoms with E-state index in [0.717, 1.165) is 48.3 Å². The molecule has 0 aromatic rings. The van der Waals surface area contributed by atoms with E-state index >= 15 is 0 Å². The van der Waals surface area contributed by atoms with E-state index in [1.54, 1.807) is 0 Å². The molecule has 41 heavy (non-hydrogen) atoms. The predicted molar refractivity (Wildman–Crippen MR) is 188 cm³/mol. The van der Waals surface area contributed by atoms with Crippen LogP contribution in [-0.4, -0.2) is 11.7 Å². The highest BCUT2D eigenvalue weighted by atomic mass is 16.3. The van der Waals surface area contributed by atoms with Crippen molar-refractivity contribution in [3.05, 3.63) is 23.8 Å². The fourth-order valence-electron chi connectivity index (χ4n) is 6.38. The Morgan fingerprint density at radius 3 is 1.24 bits per heavy atom. The standard InChI is InChI=1S/C40H78O/c1-32(2)17-11-19-34(5)21-13-23-36(7)25-15-26-38(9)29-30-40(31-41)39(10)28-16-27-37(8)24-14-22-35(6)20-12-18-33(3)4/h29,32-37,40-41H,10-28,30-31H2,1-9H3/b38-29+. The molecule has 0 bridgehead atoms. The first-order chi connectivity index (χ1) is 19.4. The van der Waals surface area contributed by atoms with E-state index < -0.39 is 0 Å². The Morgan fingerprint density at radius 2 is 0.878 bits per heavy atom. The molecule has 0 fully saturated rings. The average molecular weight is 575 g/mol. The van der Waals surface area contributed by atoms with Crippen molar-refractivity contribution < 1.29 is 5.11 Å². The van der Waals surface area contributed by atoms with Gasteiger partial charge < -0.3 is 5.11 Å². The van der Waals surface area contributed by atoms with Gasteiger partial charge in [0.2, 0.25) is 0 Å². The zero-order chi connectivity index (χ0) is 31.0. The molecule has 0 saturated carbocycles. The Hall–Kier alpha value is -0.560. The summed E-state index contributed by atoms with van der Waals surface area (Å²) in [5, 5.41) is 10.0. The molecule has 0 aromatic heterocycles. The van der Waals surface area contributed by atoms with Gasteiger partial charge in [-0.2, -0.15) is 0 Å². The highest BCUT2D eigenvalue weighted by Gasteiger charge is 2.12. The topological polar surface area (TPSA) is 20.2 Å². The van der Waals surface area contributed by atoms with Crippen molar-refractivity contribution in [2.24, 2.45) is 41.4 Å². The Bertz CT molecular complexity index is 629. The summed E-state index contributed by atoms with van der Waals surface area (Å²) in [4.78, 5) is 0. The van der Waals surface area contributed by atoms with Crippen LogP contribution in [0.5, 0.6) is 0 Å². The van der Waals surface area contributed by atoms with Crippen molar-refractivity contribution in [2.75, 3.05) is 6.61 Å². The van der Waals surface area contributed by atoms with E-state index in [-0.39, 0.29) is 12.5 Å². The molecule has 0 aliphatic heterocycles. The first-order valence-electron chi connectivity index (χ1n) is 18.4. The van der Waals surface area contributed by atoms with Gasteiger partial charge in [0, 0.05) is 12.5 Å². The van der Waals surface area contributed by atoms with Gasteiger partial charge in [0.25, 0.3) is 0 Å². The van der Waals surface area contributed by atoms with E-state index in [9.17, 15) is 5.11 Å². The molecule has 5 unspecified atom stereocenters. The highest BCUT2D eigenvalue weighted by Crippen LogP contribution is 2.26. The molecule has 0 aromatic carbocycles. The minimum Gasteiger partial charge on any atom is -0.396 e.